The van der Waals surface area contributed by atoms with Crippen LogP contribution in [0.1, 0.15) is 44.5 Å². The molecule has 1 heteroatoms. The molecule has 1 heterocycles. The second-order valence-corrected chi connectivity index (χ2v) is 8.27. The summed E-state index contributed by atoms with van der Waals surface area (Å²) >= 11 is 0. The fraction of sp³-hybridized carbons (Fsp3) is 0.346. The molecule has 140 valence electrons. The van der Waals surface area contributed by atoms with Crippen LogP contribution in [0.3, 0.4) is 0 Å². The highest BCUT2D eigenvalue weighted by molar-refractivity contribution is 5.82. The second kappa shape index (κ2) is 6.96. The van der Waals surface area contributed by atoms with Crippen molar-refractivity contribution in [3.63, 3.8) is 0 Å². The van der Waals surface area contributed by atoms with Gasteiger partial charge in [0.2, 0.25) is 5.69 Å². The fourth-order valence-electron chi connectivity index (χ4n) is 4.36. The summed E-state index contributed by atoms with van der Waals surface area (Å²) in [5, 5.41) is 0. The second-order valence-electron chi connectivity index (χ2n) is 8.27. The van der Waals surface area contributed by atoms with Gasteiger partial charge in [-0.25, -0.2) is 4.57 Å². The molecule has 0 saturated carbocycles. The van der Waals surface area contributed by atoms with E-state index in [2.05, 4.69) is 97.5 Å². The van der Waals surface area contributed by atoms with E-state index < -0.39 is 0 Å². The molecule has 0 N–H and O–H groups in total. The lowest BCUT2D eigenvalue weighted by atomic mass is 9.85. The molecule has 0 aliphatic rings. The maximum absolute atomic E-state index is 2.36. The van der Waals surface area contributed by atoms with Crippen LogP contribution in [-0.2, 0) is 7.05 Å². The zero-order valence-electron chi connectivity index (χ0n) is 18.3. The molecule has 0 aliphatic carbocycles. The third-order valence-electron chi connectivity index (χ3n) is 6.08. The van der Waals surface area contributed by atoms with Crippen LogP contribution in [0.4, 0.5) is 0 Å². The molecular formula is C26H32N+. The van der Waals surface area contributed by atoms with Crippen LogP contribution in [0.15, 0.2) is 30.5 Å². The van der Waals surface area contributed by atoms with Gasteiger partial charge in [-0.05, 0) is 105 Å². The summed E-state index contributed by atoms with van der Waals surface area (Å²) in [6.07, 6.45) is 2.24. The number of pyridine rings is 1. The zero-order chi connectivity index (χ0) is 20.0. The van der Waals surface area contributed by atoms with Crippen molar-refractivity contribution in [2.24, 2.45) is 7.05 Å². The van der Waals surface area contributed by atoms with Crippen LogP contribution in [0.5, 0.6) is 0 Å². The molecule has 0 aliphatic heterocycles. The van der Waals surface area contributed by atoms with Gasteiger partial charge in [-0.1, -0.05) is 18.2 Å². The normalized spacial score (nSPS) is 11.1. The Morgan fingerprint density at radius 3 is 1.70 bits per heavy atom. The highest BCUT2D eigenvalue weighted by atomic mass is 14.9. The summed E-state index contributed by atoms with van der Waals surface area (Å²) in [5.74, 6) is 0. The van der Waals surface area contributed by atoms with E-state index in [9.17, 15) is 0 Å². The topological polar surface area (TPSA) is 3.88 Å². The fourth-order valence-corrected chi connectivity index (χ4v) is 4.36. The van der Waals surface area contributed by atoms with Crippen molar-refractivity contribution in [1.82, 2.24) is 0 Å². The minimum absolute atomic E-state index is 1.29. The highest BCUT2D eigenvalue weighted by Gasteiger charge is 2.21. The van der Waals surface area contributed by atoms with Gasteiger partial charge < -0.3 is 0 Å². The summed E-state index contributed by atoms with van der Waals surface area (Å²) in [7, 11) is 2.15. The molecule has 1 nitrogen and oxygen atoms in total. The van der Waals surface area contributed by atoms with E-state index in [1.807, 2.05) is 0 Å². The molecule has 2 aromatic carbocycles. The van der Waals surface area contributed by atoms with E-state index in [-0.39, 0.29) is 0 Å². The minimum atomic E-state index is 1.29. The molecule has 27 heavy (non-hydrogen) atoms. The van der Waals surface area contributed by atoms with Gasteiger partial charge >= 0.3 is 0 Å². The Balaban J connectivity index is 2.37. The van der Waals surface area contributed by atoms with E-state index in [0.717, 1.165) is 0 Å². The number of benzene rings is 2. The first kappa shape index (κ1) is 19.4. The maximum Gasteiger partial charge on any atom is 0.213 e. The van der Waals surface area contributed by atoms with Gasteiger partial charge in [-0.15, -0.1) is 0 Å². The van der Waals surface area contributed by atoms with E-state index in [1.54, 1.807) is 0 Å². The van der Waals surface area contributed by atoms with Gasteiger partial charge in [0.05, 0.1) is 5.56 Å². The summed E-state index contributed by atoms with van der Waals surface area (Å²) in [5.41, 5.74) is 16.2. The molecule has 1 aromatic heterocycles. The van der Waals surface area contributed by atoms with Gasteiger partial charge in [0.25, 0.3) is 0 Å². The number of rotatable bonds is 2. The van der Waals surface area contributed by atoms with Gasteiger partial charge in [-0.2, -0.15) is 0 Å². The van der Waals surface area contributed by atoms with Crippen LogP contribution in [-0.4, -0.2) is 0 Å². The third-order valence-corrected chi connectivity index (χ3v) is 6.08. The van der Waals surface area contributed by atoms with Gasteiger partial charge in [-0.3, -0.25) is 0 Å². The van der Waals surface area contributed by atoms with Crippen molar-refractivity contribution in [3.8, 4) is 22.4 Å². The number of hydrogen-bond donors (Lipinski definition) is 0. The van der Waals surface area contributed by atoms with Crippen molar-refractivity contribution < 1.29 is 4.57 Å². The molecule has 0 bridgehead atoms. The summed E-state index contributed by atoms with van der Waals surface area (Å²) in [6, 6.07) is 9.36. The van der Waals surface area contributed by atoms with Crippen molar-refractivity contribution in [2.45, 2.75) is 55.4 Å². The number of aromatic nitrogens is 1. The standard InChI is InChI=1S/C26H32N/c1-15-10-18(4)23(12-16(15)2)25-19(5)11-20(6)26(22(25)8)24-13-17(3)21(7)14-27(24)9/h10-14H,1-9H3/q+1. The third kappa shape index (κ3) is 3.32. The van der Waals surface area contributed by atoms with Crippen LogP contribution in [0, 0.1) is 55.4 Å². The predicted octanol–water partition coefficient (Wildman–Crippen LogP) is 6.31. The Labute approximate surface area is 164 Å². The Kier molecular flexibility index (Phi) is 4.99. The van der Waals surface area contributed by atoms with E-state index >= 15 is 0 Å². The molecule has 0 fully saturated rings. The van der Waals surface area contributed by atoms with Gasteiger partial charge in [0.15, 0.2) is 6.20 Å². The average Bonchev–Trinajstić information content (AvgIpc) is 2.56. The van der Waals surface area contributed by atoms with Crippen LogP contribution in [0.2, 0.25) is 0 Å². The largest absolute Gasteiger partial charge is 0.213 e. The van der Waals surface area contributed by atoms with E-state index in [4.69, 9.17) is 0 Å². The van der Waals surface area contributed by atoms with Gasteiger partial charge in [0, 0.05) is 11.6 Å². The van der Waals surface area contributed by atoms with E-state index in [1.165, 1.54) is 66.9 Å². The Morgan fingerprint density at radius 2 is 1.04 bits per heavy atom. The zero-order valence-corrected chi connectivity index (χ0v) is 18.3. The Morgan fingerprint density at radius 1 is 0.519 bits per heavy atom. The smallest absolute Gasteiger partial charge is 0.201 e. The summed E-state index contributed by atoms with van der Waals surface area (Å²) in [4.78, 5) is 0. The molecule has 0 spiro atoms. The van der Waals surface area contributed by atoms with Gasteiger partial charge in [0.1, 0.15) is 7.05 Å². The number of aryl methyl sites for hydroxylation is 8. The SMILES string of the molecule is Cc1cc(C)c(-c2c(C)cc(C)c(-c3cc(C)c(C)c[n+]3C)c2C)cc1C. The van der Waals surface area contributed by atoms with Crippen molar-refractivity contribution in [1.29, 1.82) is 0 Å². The molecular weight excluding hydrogens is 326 g/mol. The first-order chi connectivity index (χ1) is 12.6. The lowest BCUT2D eigenvalue weighted by molar-refractivity contribution is -0.660. The molecule has 0 saturated heterocycles. The van der Waals surface area contributed by atoms with Crippen molar-refractivity contribution >= 4 is 0 Å². The molecule has 0 atom stereocenters. The summed E-state index contributed by atoms with van der Waals surface area (Å²) in [6.45, 7) is 17.8. The Bertz CT molecular complexity index is 973. The van der Waals surface area contributed by atoms with Crippen molar-refractivity contribution in [3.05, 3.63) is 75.0 Å². The van der Waals surface area contributed by atoms with E-state index in [0.29, 0.717) is 0 Å². The first-order valence-electron chi connectivity index (χ1n) is 9.78. The van der Waals surface area contributed by atoms with Crippen LogP contribution < -0.4 is 4.57 Å². The molecule has 0 radical (unpaired) electrons. The first-order valence-corrected chi connectivity index (χ1v) is 9.78. The molecule has 0 unspecified atom stereocenters. The van der Waals surface area contributed by atoms with Crippen LogP contribution >= 0.6 is 0 Å². The molecule has 3 rings (SSSR count). The monoisotopic (exact) mass is 358 g/mol. The minimum Gasteiger partial charge on any atom is -0.201 e. The Hall–Kier alpha value is -2.41. The van der Waals surface area contributed by atoms with Crippen molar-refractivity contribution in [2.75, 3.05) is 0 Å². The average molecular weight is 359 g/mol. The summed E-state index contributed by atoms with van der Waals surface area (Å²) < 4.78 is 2.27. The lowest BCUT2D eigenvalue weighted by Gasteiger charge is -2.19. The highest BCUT2D eigenvalue weighted by Crippen LogP contribution is 2.38. The molecule has 0 amide bonds. The van der Waals surface area contributed by atoms with Crippen LogP contribution in [0.25, 0.3) is 22.4 Å². The maximum atomic E-state index is 2.36. The number of hydrogen-bond acceptors (Lipinski definition) is 0. The number of nitrogens with zero attached hydrogens (tertiary/aromatic N) is 1. The molecule has 3 aromatic rings. The quantitative estimate of drug-likeness (QED) is 0.472. The lowest BCUT2D eigenvalue weighted by Crippen LogP contribution is -2.32. The predicted molar refractivity (Wildman–Crippen MR) is 116 cm³/mol.